The first-order chi connectivity index (χ1) is 12.0. The third-order valence-corrected chi connectivity index (χ3v) is 3.83. The molecule has 25 heavy (non-hydrogen) atoms. The molecule has 132 valence electrons. The zero-order valence-corrected chi connectivity index (χ0v) is 13.5. The van der Waals surface area contributed by atoms with Crippen molar-refractivity contribution in [3.8, 4) is 5.75 Å². The van der Waals surface area contributed by atoms with E-state index in [1.54, 1.807) is 12.1 Å². The van der Waals surface area contributed by atoms with Gasteiger partial charge in [-0.05, 0) is 36.8 Å². The lowest BCUT2D eigenvalue weighted by atomic mass is 10.1. The summed E-state index contributed by atoms with van der Waals surface area (Å²) in [6.07, 6.45) is -4.48. The third-order valence-electron chi connectivity index (χ3n) is 3.83. The van der Waals surface area contributed by atoms with Crippen LogP contribution in [0.15, 0.2) is 59.8 Å². The average Bonchev–Trinajstić information content (AvgIpc) is 3.05. The Morgan fingerprint density at radius 1 is 1.12 bits per heavy atom. The molecule has 0 fully saturated rings. The van der Waals surface area contributed by atoms with Crippen LogP contribution in [0.5, 0.6) is 5.75 Å². The maximum absolute atomic E-state index is 12.2. The molecule has 1 aliphatic heterocycles. The van der Waals surface area contributed by atoms with E-state index in [4.69, 9.17) is 4.84 Å². The number of anilines is 1. The molecule has 2 aromatic carbocycles. The summed E-state index contributed by atoms with van der Waals surface area (Å²) < 4.78 is 40.5. The number of hydrogen-bond donors (Lipinski definition) is 0. The van der Waals surface area contributed by atoms with E-state index in [-0.39, 0.29) is 11.9 Å². The second kappa shape index (κ2) is 7.04. The molecule has 0 N–H and O–H groups in total. The summed E-state index contributed by atoms with van der Waals surface area (Å²) in [4.78, 5) is 7.52. The normalized spacial score (nSPS) is 17.0. The lowest BCUT2D eigenvalue weighted by Crippen LogP contribution is -2.29. The number of amidine groups is 1. The summed E-state index contributed by atoms with van der Waals surface area (Å²) in [5.74, 6) is 0.532. The molecule has 4 nitrogen and oxygen atoms in total. The fourth-order valence-electron chi connectivity index (χ4n) is 2.71. The number of halogens is 3. The predicted octanol–water partition coefficient (Wildman–Crippen LogP) is 4.89. The molecule has 7 heteroatoms. The van der Waals surface area contributed by atoms with Crippen molar-refractivity contribution in [2.75, 3.05) is 11.4 Å². The van der Waals surface area contributed by atoms with Crippen molar-refractivity contribution in [3.05, 3.63) is 60.2 Å². The van der Waals surface area contributed by atoms with Gasteiger partial charge in [-0.3, -0.25) is 0 Å². The van der Waals surface area contributed by atoms with Crippen molar-refractivity contribution >= 4 is 11.5 Å². The van der Waals surface area contributed by atoms with Crippen LogP contribution in [0.1, 0.15) is 25.0 Å². The van der Waals surface area contributed by atoms with Gasteiger partial charge in [0.2, 0.25) is 0 Å². The second-order valence-corrected chi connectivity index (χ2v) is 5.50. The zero-order chi connectivity index (χ0) is 17.9. The van der Waals surface area contributed by atoms with Gasteiger partial charge < -0.3 is 14.5 Å². The fraction of sp³-hybridized carbons (Fsp3) is 0.278. The van der Waals surface area contributed by atoms with Crippen LogP contribution < -0.4 is 9.64 Å². The van der Waals surface area contributed by atoms with Gasteiger partial charge in [0, 0.05) is 12.2 Å². The number of rotatable bonds is 4. The predicted molar refractivity (Wildman–Crippen MR) is 88.5 cm³/mol. The molecule has 0 radical (unpaired) electrons. The van der Waals surface area contributed by atoms with Gasteiger partial charge in [0.1, 0.15) is 5.75 Å². The van der Waals surface area contributed by atoms with Crippen molar-refractivity contribution in [2.24, 2.45) is 5.16 Å². The smallest absolute Gasteiger partial charge is 0.406 e. The first kappa shape index (κ1) is 17.1. The van der Waals surface area contributed by atoms with Crippen molar-refractivity contribution in [2.45, 2.75) is 25.8 Å². The van der Waals surface area contributed by atoms with E-state index in [0.717, 1.165) is 23.6 Å². The van der Waals surface area contributed by atoms with Crippen LogP contribution in [-0.2, 0) is 4.84 Å². The van der Waals surface area contributed by atoms with E-state index in [1.165, 1.54) is 12.1 Å². The number of nitrogens with zero attached hydrogens (tertiary/aromatic N) is 2. The van der Waals surface area contributed by atoms with Gasteiger partial charge >= 0.3 is 6.36 Å². The number of oxime groups is 1. The highest BCUT2D eigenvalue weighted by Gasteiger charge is 2.31. The first-order valence-electron chi connectivity index (χ1n) is 7.87. The van der Waals surface area contributed by atoms with Gasteiger partial charge in [-0.2, -0.15) is 0 Å². The summed E-state index contributed by atoms with van der Waals surface area (Å²) in [6, 6.07) is 15.5. The Morgan fingerprint density at radius 2 is 1.80 bits per heavy atom. The molecule has 0 bridgehead atoms. The molecule has 1 atom stereocenters. The summed E-state index contributed by atoms with van der Waals surface area (Å²) in [6.45, 7) is 2.75. The minimum Gasteiger partial charge on any atom is -0.406 e. The molecule has 1 heterocycles. The van der Waals surface area contributed by atoms with Crippen molar-refractivity contribution in [1.29, 1.82) is 0 Å². The Kier molecular flexibility index (Phi) is 4.83. The Hall–Kier alpha value is -2.70. The topological polar surface area (TPSA) is 34.1 Å². The van der Waals surface area contributed by atoms with Gasteiger partial charge in [-0.25, -0.2) is 0 Å². The summed E-state index contributed by atoms with van der Waals surface area (Å²) in [7, 11) is 0. The average molecular weight is 350 g/mol. The van der Waals surface area contributed by atoms with E-state index in [0.29, 0.717) is 6.42 Å². The molecule has 0 saturated heterocycles. The highest BCUT2D eigenvalue weighted by Crippen LogP contribution is 2.32. The van der Waals surface area contributed by atoms with Crippen molar-refractivity contribution in [1.82, 2.24) is 0 Å². The molecule has 3 rings (SSSR count). The van der Waals surface area contributed by atoms with Gasteiger partial charge in [-0.15, -0.1) is 13.2 Å². The molecule has 0 amide bonds. The van der Waals surface area contributed by atoms with Crippen molar-refractivity contribution in [3.63, 3.8) is 0 Å². The summed E-state index contributed by atoms with van der Waals surface area (Å²) in [5, 5.41) is 4.15. The van der Waals surface area contributed by atoms with E-state index >= 15 is 0 Å². The van der Waals surface area contributed by atoms with Crippen LogP contribution >= 0.6 is 0 Å². The first-order valence-corrected chi connectivity index (χ1v) is 7.87. The van der Waals surface area contributed by atoms with Crippen LogP contribution in [0.3, 0.4) is 0 Å². The van der Waals surface area contributed by atoms with Crippen LogP contribution in [0.4, 0.5) is 18.9 Å². The number of benzene rings is 2. The van der Waals surface area contributed by atoms with Crippen LogP contribution in [0.25, 0.3) is 0 Å². The fourth-order valence-corrected chi connectivity index (χ4v) is 2.71. The monoisotopic (exact) mass is 350 g/mol. The van der Waals surface area contributed by atoms with E-state index in [2.05, 4.69) is 9.89 Å². The largest absolute Gasteiger partial charge is 0.573 e. The highest BCUT2D eigenvalue weighted by atomic mass is 19.4. The van der Waals surface area contributed by atoms with Crippen LogP contribution in [0.2, 0.25) is 0 Å². The Balaban J connectivity index is 1.67. The molecule has 0 spiro atoms. The SMILES string of the molecule is CCN(C1=NOC(c2ccc(OC(F)(F)F)cc2)C1)c1ccccc1. The van der Waals surface area contributed by atoms with E-state index in [9.17, 15) is 13.2 Å². The molecule has 0 aliphatic carbocycles. The van der Waals surface area contributed by atoms with E-state index in [1.807, 2.05) is 42.2 Å². The highest BCUT2D eigenvalue weighted by molar-refractivity contribution is 5.98. The van der Waals surface area contributed by atoms with Crippen LogP contribution in [-0.4, -0.2) is 18.7 Å². The van der Waals surface area contributed by atoms with Gasteiger partial charge in [0.15, 0.2) is 11.9 Å². The number of hydrogen-bond acceptors (Lipinski definition) is 4. The maximum Gasteiger partial charge on any atom is 0.573 e. The summed E-state index contributed by atoms with van der Waals surface area (Å²) in [5.41, 5.74) is 1.76. The third kappa shape index (κ3) is 4.23. The number of alkyl halides is 3. The Morgan fingerprint density at radius 3 is 2.40 bits per heavy atom. The summed E-state index contributed by atoms with van der Waals surface area (Å²) >= 11 is 0. The van der Waals surface area contributed by atoms with Gasteiger partial charge in [-0.1, -0.05) is 35.5 Å². The lowest BCUT2D eigenvalue weighted by Gasteiger charge is -2.21. The van der Waals surface area contributed by atoms with Gasteiger partial charge in [0.25, 0.3) is 0 Å². The molecule has 0 aromatic heterocycles. The molecular formula is C18H17F3N2O2. The number of para-hydroxylation sites is 1. The second-order valence-electron chi connectivity index (χ2n) is 5.50. The molecule has 1 unspecified atom stereocenters. The quantitative estimate of drug-likeness (QED) is 0.788. The standard InChI is InChI=1S/C18H17F3N2O2/c1-2-23(14-6-4-3-5-7-14)17-12-16(25-22-17)13-8-10-15(11-9-13)24-18(19,20)21/h3-11,16H,2,12H2,1H3. The Labute approximate surface area is 143 Å². The van der Waals surface area contributed by atoms with Crippen molar-refractivity contribution < 1.29 is 22.7 Å². The van der Waals surface area contributed by atoms with Crippen LogP contribution in [0, 0.1) is 0 Å². The molecule has 1 aliphatic rings. The molecular weight excluding hydrogens is 333 g/mol. The maximum atomic E-state index is 12.2. The molecule has 2 aromatic rings. The molecule has 0 saturated carbocycles. The number of ether oxygens (including phenoxy) is 1. The van der Waals surface area contributed by atoms with E-state index < -0.39 is 6.36 Å². The lowest BCUT2D eigenvalue weighted by molar-refractivity contribution is -0.274. The minimum absolute atomic E-state index is 0.255. The Bertz CT molecular complexity index is 730. The minimum atomic E-state index is -4.70. The zero-order valence-electron chi connectivity index (χ0n) is 13.5. The van der Waals surface area contributed by atoms with Gasteiger partial charge in [0.05, 0.1) is 6.42 Å².